The van der Waals surface area contributed by atoms with Crippen LogP contribution in [0.3, 0.4) is 0 Å². The van der Waals surface area contributed by atoms with E-state index < -0.39 is 5.54 Å². The summed E-state index contributed by atoms with van der Waals surface area (Å²) in [5.41, 5.74) is 1.18. The van der Waals surface area contributed by atoms with Gasteiger partial charge in [0.05, 0.1) is 38.4 Å². The van der Waals surface area contributed by atoms with Crippen LogP contribution in [0.4, 0.5) is 16.3 Å². The molecule has 7 nitrogen and oxygen atoms in total. The van der Waals surface area contributed by atoms with Gasteiger partial charge in [0.15, 0.2) is 5.82 Å². The maximum Gasteiger partial charge on any atom is 0.323 e. The fraction of sp³-hybridized carbons (Fsp3) is 0.211. The van der Waals surface area contributed by atoms with E-state index in [1.165, 1.54) is 11.3 Å². The van der Waals surface area contributed by atoms with Crippen LogP contribution in [0.5, 0.6) is 0 Å². The molecule has 0 unspecified atom stereocenters. The summed E-state index contributed by atoms with van der Waals surface area (Å²) in [6.45, 7) is 4.05. The molecule has 0 bridgehead atoms. The number of carbonyl (C=O) groups is 2. The van der Waals surface area contributed by atoms with Gasteiger partial charge in [-0.25, -0.2) is 4.79 Å². The van der Waals surface area contributed by atoms with E-state index in [-0.39, 0.29) is 18.5 Å². The Balaban J connectivity index is 1.56. The zero-order valence-electron chi connectivity index (χ0n) is 15.8. The first-order valence-electron chi connectivity index (χ1n) is 8.84. The molecule has 30 heavy (non-hydrogen) atoms. The number of halogens is 3. The Labute approximate surface area is 194 Å². The van der Waals surface area contributed by atoms with Crippen molar-refractivity contribution in [3.8, 4) is 0 Å². The molecule has 4 rings (SSSR count). The van der Waals surface area contributed by atoms with Gasteiger partial charge in [0.25, 0.3) is 5.91 Å². The highest BCUT2D eigenvalue weighted by molar-refractivity contribution is 9.10. The van der Waals surface area contributed by atoms with E-state index in [1.807, 2.05) is 19.2 Å². The Hall–Kier alpha value is -2.07. The van der Waals surface area contributed by atoms with Crippen molar-refractivity contribution in [1.29, 1.82) is 0 Å². The largest absolute Gasteiger partial charge is 0.323 e. The van der Waals surface area contributed by atoms with Crippen molar-refractivity contribution >= 4 is 73.9 Å². The molecule has 1 aliphatic heterocycles. The molecule has 0 saturated carbocycles. The highest BCUT2D eigenvalue weighted by Crippen LogP contribution is 2.41. The molecular formula is C19H16BrCl2N5O2S. The summed E-state index contributed by atoms with van der Waals surface area (Å²) in [5, 5.41) is 15.4. The van der Waals surface area contributed by atoms with Crippen molar-refractivity contribution in [2.24, 2.45) is 0 Å². The van der Waals surface area contributed by atoms with E-state index in [0.29, 0.717) is 26.4 Å². The number of urea groups is 1. The molecular weight excluding hydrogens is 513 g/mol. The molecule has 11 heteroatoms. The number of nitrogens with one attached hydrogen (secondary N) is 3. The number of aromatic nitrogens is 2. The van der Waals surface area contributed by atoms with Gasteiger partial charge in [-0.05, 0) is 48.0 Å². The van der Waals surface area contributed by atoms with Gasteiger partial charge in [0.1, 0.15) is 0 Å². The lowest BCUT2D eigenvalue weighted by Gasteiger charge is -2.32. The average Bonchev–Trinajstić information content (AvgIpc) is 3.35. The van der Waals surface area contributed by atoms with Crippen molar-refractivity contribution in [3.63, 3.8) is 0 Å². The second-order valence-electron chi connectivity index (χ2n) is 7.18. The Bertz CT molecular complexity index is 1140. The molecule has 3 heterocycles. The van der Waals surface area contributed by atoms with Gasteiger partial charge < -0.3 is 15.5 Å². The van der Waals surface area contributed by atoms with Gasteiger partial charge in [-0.2, -0.15) is 5.10 Å². The van der Waals surface area contributed by atoms with Crippen LogP contribution in [0, 0.1) is 0 Å². The molecule has 1 aliphatic rings. The average molecular weight is 529 g/mol. The first kappa shape index (κ1) is 21.2. The Morgan fingerprint density at radius 3 is 2.60 bits per heavy atom. The van der Waals surface area contributed by atoms with Crippen molar-refractivity contribution in [1.82, 2.24) is 15.1 Å². The SMILES string of the molecule is CC1(C)c2[nH]nc(NC(=O)c3cc(Br)cs3)c2CN1C(=O)Nc1c(Cl)cccc1Cl. The third-order valence-corrected chi connectivity index (χ3v) is 7.25. The van der Waals surface area contributed by atoms with E-state index in [0.717, 1.165) is 15.7 Å². The van der Waals surface area contributed by atoms with Gasteiger partial charge in [-0.1, -0.05) is 29.3 Å². The van der Waals surface area contributed by atoms with Crippen LogP contribution in [-0.2, 0) is 12.1 Å². The Morgan fingerprint density at radius 2 is 1.97 bits per heavy atom. The molecule has 1 aromatic carbocycles. The Morgan fingerprint density at radius 1 is 1.27 bits per heavy atom. The number of amides is 3. The molecule has 3 N–H and O–H groups in total. The fourth-order valence-electron chi connectivity index (χ4n) is 3.34. The summed E-state index contributed by atoms with van der Waals surface area (Å²) < 4.78 is 0.840. The minimum Gasteiger partial charge on any atom is -0.309 e. The number of nitrogens with zero attached hydrogens (tertiary/aromatic N) is 2. The van der Waals surface area contributed by atoms with Gasteiger partial charge in [0, 0.05) is 15.4 Å². The van der Waals surface area contributed by atoms with Crippen LogP contribution in [0.2, 0.25) is 10.0 Å². The van der Waals surface area contributed by atoms with E-state index in [1.54, 1.807) is 29.2 Å². The third kappa shape index (κ3) is 3.71. The normalized spacial score (nSPS) is 14.5. The van der Waals surface area contributed by atoms with Gasteiger partial charge >= 0.3 is 6.03 Å². The molecule has 3 aromatic rings. The molecule has 0 saturated heterocycles. The summed E-state index contributed by atoms with van der Waals surface area (Å²) >= 11 is 17.0. The minimum atomic E-state index is -0.685. The second-order valence-corrected chi connectivity index (χ2v) is 9.82. The number of aromatic amines is 1. The zero-order valence-corrected chi connectivity index (χ0v) is 19.8. The molecule has 0 radical (unpaired) electrons. The number of hydrogen-bond acceptors (Lipinski definition) is 4. The number of carbonyl (C=O) groups excluding carboxylic acids is 2. The van der Waals surface area contributed by atoms with E-state index in [9.17, 15) is 9.59 Å². The highest BCUT2D eigenvalue weighted by Gasteiger charge is 2.44. The summed E-state index contributed by atoms with van der Waals surface area (Å²) in [7, 11) is 0. The predicted molar refractivity (Wildman–Crippen MR) is 123 cm³/mol. The first-order valence-corrected chi connectivity index (χ1v) is 11.3. The number of H-pyrrole nitrogens is 1. The molecule has 156 valence electrons. The van der Waals surface area contributed by atoms with Crippen molar-refractivity contribution in [2.75, 3.05) is 10.6 Å². The maximum atomic E-state index is 13.0. The van der Waals surface area contributed by atoms with Crippen LogP contribution >= 0.6 is 50.5 Å². The maximum absolute atomic E-state index is 13.0. The number of thiophene rings is 1. The summed E-state index contributed by atoms with van der Waals surface area (Å²) in [6.07, 6.45) is 0. The lowest BCUT2D eigenvalue weighted by atomic mass is 10.0. The lowest BCUT2D eigenvalue weighted by Crippen LogP contribution is -2.43. The van der Waals surface area contributed by atoms with Crippen LogP contribution in [0.15, 0.2) is 34.1 Å². The van der Waals surface area contributed by atoms with E-state index in [2.05, 4.69) is 36.8 Å². The molecule has 0 atom stereocenters. The van der Waals surface area contributed by atoms with Crippen molar-refractivity contribution in [2.45, 2.75) is 25.9 Å². The number of benzene rings is 1. The summed E-state index contributed by atoms with van der Waals surface area (Å²) in [6, 6.07) is 6.39. The highest BCUT2D eigenvalue weighted by atomic mass is 79.9. The molecule has 0 spiro atoms. The molecule has 0 aliphatic carbocycles. The number of para-hydroxylation sites is 1. The van der Waals surface area contributed by atoms with Crippen LogP contribution in [0.25, 0.3) is 0 Å². The van der Waals surface area contributed by atoms with Crippen molar-refractivity contribution < 1.29 is 9.59 Å². The topological polar surface area (TPSA) is 90.1 Å². The lowest BCUT2D eigenvalue weighted by molar-refractivity contribution is 0.103. The zero-order chi connectivity index (χ0) is 21.6. The standard InChI is InChI=1S/C19H16BrCl2N5O2S/c1-19(2)15-10(16(26-25-15)24-17(28)13-6-9(20)8-30-13)7-27(19)18(29)23-14-11(21)4-3-5-12(14)22/h3-6,8H,7H2,1-2H3,(H,23,29)(H2,24,25,26,28). The summed E-state index contributed by atoms with van der Waals surface area (Å²) in [5.74, 6) is 0.141. The smallest absolute Gasteiger partial charge is 0.309 e. The van der Waals surface area contributed by atoms with Crippen LogP contribution in [0.1, 0.15) is 34.8 Å². The number of hydrogen-bond donors (Lipinski definition) is 3. The first-order chi connectivity index (χ1) is 14.2. The Kier molecular flexibility index (Phi) is 5.56. The molecule has 2 aromatic heterocycles. The number of anilines is 2. The third-order valence-electron chi connectivity index (χ3n) is 4.93. The van der Waals surface area contributed by atoms with Crippen LogP contribution < -0.4 is 10.6 Å². The summed E-state index contributed by atoms with van der Waals surface area (Å²) in [4.78, 5) is 27.7. The molecule has 3 amide bonds. The van der Waals surface area contributed by atoms with Gasteiger partial charge in [-0.15, -0.1) is 11.3 Å². The number of fused-ring (bicyclic) bond motifs is 1. The van der Waals surface area contributed by atoms with Crippen LogP contribution in [-0.4, -0.2) is 27.0 Å². The van der Waals surface area contributed by atoms with Gasteiger partial charge in [-0.3, -0.25) is 9.89 Å². The minimum absolute atomic E-state index is 0.260. The van der Waals surface area contributed by atoms with Gasteiger partial charge in [0.2, 0.25) is 0 Å². The fourth-order valence-corrected chi connectivity index (χ4v) is 5.15. The van der Waals surface area contributed by atoms with E-state index >= 15 is 0 Å². The number of rotatable bonds is 3. The monoisotopic (exact) mass is 527 g/mol. The van der Waals surface area contributed by atoms with Crippen molar-refractivity contribution in [3.05, 3.63) is 60.3 Å². The quantitative estimate of drug-likeness (QED) is 0.385. The molecule has 0 fully saturated rings. The predicted octanol–water partition coefficient (Wildman–Crippen LogP) is 6.08. The second kappa shape index (κ2) is 7.88. The van der Waals surface area contributed by atoms with E-state index in [4.69, 9.17) is 23.2 Å².